The molecule has 3 aromatic rings. The third kappa shape index (κ3) is 4.05. The first-order valence-corrected chi connectivity index (χ1v) is 12.4. The Bertz CT molecular complexity index is 1220. The van der Waals surface area contributed by atoms with E-state index in [0.29, 0.717) is 22.8 Å². The van der Waals surface area contributed by atoms with Gasteiger partial charge < -0.3 is 20.1 Å². The fourth-order valence-electron chi connectivity index (χ4n) is 6.07. The molecule has 2 saturated carbocycles. The molecule has 8 heteroatoms. The zero-order valence-electron chi connectivity index (χ0n) is 20.0. The number of morpholine rings is 1. The fourth-order valence-corrected chi connectivity index (χ4v) is 6.07. The van der Waals surface area contributed by atoms with Gasteiger partial charge in [-0.1, -0.05) is 0 Å². The van der Waals surface area contributed by atoms with Gasteiger partial charge in [-0.3, -0.25) is 4.79 Å². The van der Waals surface area contributed by atoms with Gasteiger partial charge in [0.05, 0.1) is 25.1 Å². The summed E-state index contributed by atoms with van der Waals surface area (Å²) in [6.45, 7) is 5.62. The third-order valence-corrected chi connectivity index (χ3v) is 7.95. The molecule has 2 aliphatic carbocycles. The number of nitrogens with two attached hydrogens (primary N) is 1. The van der Waals surface area contributed by atoms with Crippen molar-refractivity contribution in [3.05, 3.63) is 65.6 Å². The van der Waals surface area contributed by atoms with E-state index in [0.717, 1.165) is 57.7 Å². The van der Waals surface area contributed by atoms with E-state index in [1.165, 1.54) is 16.9 Å². The van der Waals surface area contributed by atoms with Gasteiger partial charge in [0.1, 0.15) is 11.7 Å². The van der Waals surface area contributed by atoms with Gasteiger partial charge in [-0.05, 0) is 85.9 Å². The zero-order chi connectivity index (χ0) is 24.0. The quantitative estimate of drug-likeness (QED) is 0.588. The topological polar surface area (TPSA) is 95.5 Å². The second-order valence-corrected chi connectivity index (χ2v) is 10.2. The van der Waals surface area contributed by atoms with E-state index in [-0.39, 0.29) is 6.10 Å². The number of hydrogen-bond donors (Lipinski definition) is 1. The van der Waals surface area contributed by atoms with Crippen molar-refractivity contribution in [1.82, 2.24) is 14.8 Å². The van der Waals surface area contributed by atoms with Crippen LogP contribution in [0.2, 0.25) is 0 Å². The zero-order valence-corrected chi connectivity index (χ0v) is 20.0. The smallest absolute Gasteiger partial charge is 0.254 e. The number of nitrogens with zero attached hydrogens (tertiary/aromatic N) is 4. The van der Waals surface area contributed by atoms with Crippen molar-refractivity contribution in [2.24, 2.45) is 11.1 Å². The first-order chi connectivity index (χ1) is 17.0. The van der Waals surface area contributed by atoms with Crippen molar-refractivity contribution >= 4 is 11.6 Å². The highest BCUT2D eigenvalue weighted by Gasteiger charge is 2.54. The summed E-state index contributed by atoms with van der Waals surface area (Å²) in [4.78, 5) is 18.2. The van der Waals surface area contributed by atoms with Gasteiger partial charge in [0.2, 0.25) is 5.88 Å². The molecule has 1 aliphatic heterocycles. The number of rotatable bonds is 6. The molecular weight excluding hydrogens is 442 g/mol. The molecule has 1 spiro atoms. The van der Waals surface area contributed by atoms with E-state index in [9.17, 15) is 4.79 Å². The lowest BCUT2D eigenvalue weighted by Crippen LogP contribution is -2.51. The van der Waals surface area contributed by atoms with Crippen LogP contribution in [0.5, 0.6) is 5.88 Å². The van der Waals surface area contributed by atoms with Crippen LogP contribution in [0.4, 0.5) is 5.69 Å². The summed E-state index contributed by atoms with van der Waals surface area (Å²) in [6.07, 6.45) is 8.07. The van der Waals surface area contributed by atoms with E-state index >= 15 is 0 Å². The maximum Gasteiger partial charge on any atom is 0.254 e. The Labute approximate surface area is 205 Å². The van der Waals surface area contributed by atoms with Crippen LogP contribution in [0.15, 0.2) is 48.8 Å². The van der Waals surface area contributed by atoms with Crippen molar-refractivity contribution in [3.63, 3.8) is 0 Å². The van der Waals surface area contributed by atoms with Crippen LogP contribution >= 0.6 is 0 Å². The predicted octanol–water partition coefficient (Wildman–Crippen LogP) is 3.62. The number of carbonyl (C=O) groups is 1. The van der Waals surface area contributed by atoms with Crippen molar-refractivity contribution in [3.8, 4) is 11.6 Å². The molecule has 3 aliphatic rings. The molecule has 1 aromatic carbocycles. The minimum atomic E-state index is -0.505. The number of aromatic nitrogens is 3. The molecule has 1 saturated heterocycles. The van der Waals surface area contributed by atoms with Gasteiger partial charge >= 0.3 is 0 Å². The number of ether oxygens (including phenoxy) is 2. The van der Waals surface area contributed by atoms with Crippen LogP contribution in [-0.2, 0) is 4.74 Å². The minimum Gasteiger partial charge on any atom is -0.474 e. The van der Waals surface area contributed by atoms with Gasteiger partial charge in [-0.2, -0.15) is 5.10 Å². The number of benzene rings is 1. The molecular formula is C27H31N5O3. The monoisotopic (exact) mass is 473 g/mol. The summed E-state index contributed by atoms with van der Waals surface area (Å²) in [5.74, 6) is 0.384. The normalized spacial score (nSPS) is 25.7. The second kappa shape index (κ2) is 8.68. The van der Waals surface area contributed by atoms with E-state index < -0.39 is 5.91 Å². The Morgan fingerprint density at radius 2 is 1.80 bits per heavy atom. The molecule has 2 aromatic heterocycles. The van der Waals surface area contributed by atoms with Gasteiger partial charge in [-0.25, -0.2) is 9.67 Å². The number of amides is 1. The molecule has 0 unspecified atom stereocenters. The lowest BCUT2D eigenvalue weighted by molar-refractivity contribution is -0.0819. The number of carbonyl (C=O) groups excluding carboxylic acids is 1. The highest BCUT2D eigenvalue weighted by molar-refractivity contribution is 5.94. The maximum absolute atomic E-state index is 11.6. The highest BCUT2D eigenvalue weighted by Crippen LogP contribution is 2.62. The number of anilines is 1. The van der Waals surface area contributed by atoms with Crippen LogP contribution in [0.25, 0.3) is 5.69 Å². The van der Waals surface area contributed by atoms with Gasteiger partial charge in [0.15, 0.2) is 0 Å². The van der Waals surface area contributed by atoms with Crippen LogP contribution < -0.4 is 15.4 Å². The summed E-state index contributed by atoms with van der Waals surface area (Å²) in [5.41, 5.74) is 11.0. The van der Waals surface area contributed by atoms with Crippen molar-refractivity contribution in [2.75, 3.05) is 31.2 Å². The molecule has 1 amide bonds. The molecule has 6 rings (SSSR count). The van der Waals surface area contributed by atoms with Crippen molar-refractivity contribution in [2.45, 2.75) is 44.6 Å². The summed E-state index contributed by atoms with van der Waals surface area (Å²) in [6, 6.07) is 12.0. The highest BCUT2D eigenvalue weighted by atomic mass is 16.5. The number of hydrogen-bond acceptors (Lipinski definition) is 6. The lowest BCUT2D eigenvalue weighted by Gasteiger charge is -2.57. The SMILES string of the molecule is Cc1c(C2CC3(CC(Oc4ncccc4C(N)=O)C3)C2)cnn1-c1ccc(N2CCOCC2)cc1. The summed E-state index contributed by atoms with van der Waals surface area (Å²) in [5, 5.41) is 4.73. The summed E-state index contributed by atoms with van der Waals surface area (Å²) >= 11 is 0. The van der Waals surface area contributed by atoms with Crippen molar-refractivity contribution in [1.29, 1.82) is 0 Å². The van der Waals surface area contributed by atoms with Crippen LogP contribution in [0, 0.1) is 12.3 Å². The maximum atomic E-state index is 11.6. The van der Waals surface area contributed by atoms with Crippen LogP contribution in [0.3, 0.4) is 0 Å². The molecule has 35 heavy (non-hydrogen) atoms. The predicted molar refractivity (Wildman–Crippen MR) is 132 cm³/mol. The van der Waals surface area contributed by atoms with E-state index in [4.69, 9.17) is 20.3 Å². The third-order valence-electron chi connectivity index (χ3n) is 7.95. The standard InChI is InChI=1S/C27H31N5O3/c1-18-24(17-30-32(18)21-6-4-20(5-7-21)31-9-11-34-12-10-31)19-13-27(14-19)15-22(16-27)35-26-23(25(28)33)3-2-8-29-26/h2-8,17,19,22H,9-16H2,1H3,(H2,28,33). The molecule has 2 N–H and O–H groups in total. The number of primary amides is 1. The lowest BCUT2D eigenvalue weighted by atomic mass is 9.49. The Balaban J connectivity index is 1.07. The average Bonchev–Trinajstić information content (AvgIpc) is 3.21. The van der Waals surface area contributed by atoms with E-state index in [2.05, 4.69) is 45.8 Å². The molecule has 0 bridgehead atoms. The molecule has 3 heterocycles. The first kappa shape index (κ1) is 22.1. The average molecular weight is 474 g/mol. The van der Waals surface area contributed by atoms with E-state index in [1.54, 1.807) is 18.3 Å². The van der Waals surface area contributed by atoms with Crippen molar-refractivity contribution < 1.29 is 14.3 Å². The Kier molecular flexibility index (Phi) is 5.48. The second-order valence-electron chi connectivity index (χ2n) is 10.2. The van der Waals surface area contributed by atoms with Gasteiger partial charge in [-0.15, -0.1) is 0 Å². The first-order valence-electron chi connectivity index (χ1n) is 12.4. The molecule has 3 fully saturated rings. The fraction of sp³-hybridized carbons (Fsp3) is 0.444. The molecule has 0 radical (unpaired) electrons. The summed E-state index contributed by atoms with van der Waals surface area (Å²) < 4.78 is 13.5. The number of pyridine rings is 1. The Morgan fingerprint density at radius 1 is 1.09 bits per heavy atom. The molecule has 0 atom stereocenters. The van der Waals surface area contributed by atoms with Gasteiger partial charge in [0, 0.05) is 30.7 Å². The Hall–Kier alpha value is -3.39. The minimum absolute atomic E-state index is 0.0951. The largest absolute Gasteiger partial charge is 0.474 e. The van der Waals surface area contributed by atoms with Gasteiger partial charge in [0.25, 0.3) is 5.91 Å². The van der Waals surface area contributed by atoms with E-state index in [1.807, 2.05) is 6.20 Å². The molecule has 182 valence electrons. The van der Waals surface area contributed by atoms with Crippen LogP contribution in [0.1, 0.15) is 53.2 Å². The Morgan fingerprint density at radius 3 is 2.51 bits per heavy atom. The summed E-state index contributed by atoms with van der Waals surface area (Å²) in [7, 11) is 0. The molecule has 8 nitrogen and oxygen atoms in total. The van der Waals surface area contributed by atoms with Crippen LogP contribution in [-0.4, -0.2) is 53.1 Å².